The van der Waals surface area contributed by atoms with E-state index in [1.807, 2.05) is 6.07 Å². The number of fused-ring (bicyclic) bond motifs is 3. The van der Waals surface area contributed by atoms with Gasteiger partial charge in [-0.25, -0.2) is 0 Å². The summed E-state index contributed by atoms with van der Waals surface area (Å²) in [5, 5.41) is 1.35. The fourth-order valence-electron chi connectivity index (χ4n) is 5.46. The molecule has 2 unspecified atom stereocenters. The number of methoxy groups -OCH3 is 2. The van der Waals surface area contributed by atoms with Crippen molar-refractivity contribution < 1.29 is 9.47 Å². The number of ether oxygens (including phenoxy) is 2. The van der Waals surface area contributed by atoms with Crippen LogP contribution in [-0.2, 0) is 6.42 Å². The molecular weight excluding hydrogens is 410 g/mol. The fourth-order valence-corrected chi connectivity index (χ4v) is 5.46. The molecule has 4 rings (SSSR count). The van der Waals surface area contributed by atoms with Gasteiger partial charge in [0.1, 0.15) is 0 Å². The first-order valence-electron chi connectivity index (χ1n) is 12.4. The number of nitrogens with zero attached hydrogens (tertiary/aromatic N) is 2. The average molecular weight is 450 g/mol. The van der Waals surface area contributed by atoms with Gasteiger partial charge in [0.2, 0.25) is 0 Å². The molecule has 0 saturated heterocycles. The Bertz CT molecular complexity index is 1050. The zero-order valence-corrected chi connectivity index (χ0v) is 20.9. The SMILES string of the molecule is CCCN(CCC)CCN1C(C)Cc2c([nH]c3ccccc23)C1c1ccc(OC)c(OC)c1. The standard InChI is InChI=1S/C28H39N3O2/c1-6-14-30(15-7-2)16-17-31-20(3)18-23-22-10-8-9-11-24(22)29-27(23)28(31)21-12-13-25(32-4)26(19-21)33-5/h8-13,19-20,28-29H,6-7,14-18H2,1-5H3. The Hall–Kier alpha value is -2.50. The summed E-state index contributed by atoms with van der Waals surface area (Å²) >= 11 is 0. The van der Waals surface area contributed by atoms with Crippen molar-refractivity contribution in [3.05, 3.63) is 59.3 Å². The lowest BCUT2D eigenvalue weighted by Crippen LogP contribution is -2.46. The summed E-state index contributed by atoms with van der Waals surface area (Å²) in [6.45, 7) is 11.4. The summed E-state index contributed by atoms with van der Waals surface area (Å²) in [7, 11) is 3.41. The third-order valence-electron chi connectivity index (χ3n) is 6.99. The van der Waals surface area contributed by atoms with Gasteiger partial charge in [0, 0.05) is 35.7 Å². The zero-order chi connectivity index (χ0) is 23.4. The molecule has 5 nitrogen and oxygen atoms in total. The van der Waals surface area contributed by atoms with E-state index in [2.05, 4.69) is 72.0 Å². The van der Waals surface area contributed by atoms with Gasteiger partial charge in [0.25, 0.3) is 0 Å². The molecule has 1 aliphatic rings. The molecule has 1 aromatic heterocycles. The summed E-state index contributed by atoms with van der Waals surface area (Å²) in [6, 6.07) is 15.7. The Labute approximate surface area is 198 Å². The van der Waals surface area contributed by atoms with Crippen molar-refractivity contribution in [3.8, 4) is 11.5 Å². The highest BCUT2D eigenvalue weighted by Crippen LogP contribution is 2.42. The molecule has 0 aliphatic carbocycles. The van der Waals surface area contributed by atoms with Crippen molar-refractivity contribution in [2.24, 2.45) is 0 Å². The van der Waals surface area contributed by atoms with Crippen molar-refractivity contribution in [1.29, 1.82) is 0 Å². The molecule has 0 amide bonds. The molecule has 2 atom stereocenters. The van der Waals surface area contributed by atoms with Crippen LogP contribution in [0.15, 0.2) is 42.5 Å². The lowest BCUT2D eigenvalue weighted by molar-refractivity contribution is 0.123. The van der Waals surface area contributed by atoms with Crippen LogP contribution in [0.1, 0.15) is 56.5 Å². The first kappa shape index (κ1) is 23.7. The van der Waals surface area contributed by atoms with E-state index in [-0.39, 0.29) is 6.04 Å². The molecule has 33 heavy (non-hydrogen) atoms. The number of rotatable bonds is 10. The predicted molar refractivity (Wildman–Crippen MR) is 137 cm³/mol. The molecule has 0 radical (unpaired) electrons. The number of H-pyrrole nitrogens is 1. The van der Waals surface area contributed by atoms with E-state index in [0.717, 1.165) is 44.1 Å². The van der Waals surface area contributed by atoms with E-state index in [4.69, 9.17) is 9.47 Å². The lowest BCUT2D eigenvalue weighted by atomic mass is 9.88. The lowest BCUT2D eigenvalue weighted by Gasteiger charge is -2.42. The van der Waals surface area contributed by atoms with E-state index in [0.29, 0.717) is 6.04 Å². The first-order chi connectivity index (χ1) is 16.1. The van der Waals surface area contributed by atoms with Crippen LogP contribution in [0.3, 0.4) is 0 Å². The van der Waals surface area contributed by atoms with Gasteiger partial charge < -0.3 is 19.4 Å². The van der Waals surface area contributed by atoms with Crippen LogP contribution in [0.5, 0.6) is 11.5 Å². The summed E-state index contributed by atoms with van der Waals surface area (Å²) in [4.78, 5) is 9.08. The quantitative estimate of drug-likeness (QED) is 0.435. The van der Waals surface area contributed by atoms with E-state index >= 15 is 0 Å². The van der Waals surface area contributed by atoms with Gasteiger partial charge >= 0.3 is 0 Å². The minimum absolute atomic E-state index is 0.154. The number of nitrogens with one attached hydrogen (secondary N) is 1. The molecule has 5 heteroatoms. The first-order valence-corrected chi connectivity index (χ1v) is 12.4. The van der Waals surface area contributed by atoms with E-state index in [1.54, 1.807) is 14.2 Å². The third kappa shape index (κ3) is 4.75. The van der Waals surface area contributed by atoms with Crippen LogP contribution in [0.4, 0.5) is 0 Å². The zero-order valence-electron chi connectivity index (χ0n) is 20.9. The number of hydrogen-bond donors (Lipinski definition) is 1. The minimum Gasteiger partial charge on any atom is -0.493 e. The topological polar surface area (TPSA) is 40.7 Å². The predicted octanol–water partition coefficient (Wildman–Crippen LogP) is 5.64. The number of para-hydroxylation sites is 1. The van der Waals surface area contributed by atoms with Crippen molar-refractivity contribution in [2.45, 2.75) is 52.1 Å². The second kappa shape index (κ2) is 10.6. The second-order valence-electron chi connectivity index (χ2n) is 9.21. The molecule has 0 spiro atoms. The number of benzene rings is 2. The van der Waals surface area contributed by atoms with Crippen LogP contribution in [0.25, 0.3) is 10.9 Å². The molecule has 0 fully saturated rings. The fraction of sp³-hybridized carbons (Fsp3) is 0.500. The molecule has 2 aromatic carbocycles. The molecule has 1 aliphatic heterocycles. The minimum atomic E-state index is 0.154. The maximum Gasteiger partial charge on any atom is 0.161 e. The van der Waals surface area contributed by atoms with Crippen LogP contribution in [0.2, 0.25) is 0 Å². The Balaban J connectivity index is 1.76. The molecule has 2 heterocycles. The van der Waals surface area contributed by atoms with Crippen LogP contribution < -0.4 is 9.47 Å². The largest absolute Gasteiger partial charge is 0.493 e. The Kier molecular flexibility index (Phi) is 7.61. The molecule has 178 valence electrons. The normalized spacial score (nSPS) is 18.6. The van der Waals surface area contributed by atoms with Crippen LogP contribution >= 0.6 is 0 Å². The van der Waals surface area contributed by atoms with E-state index < -0.39 is 0 Å². The summed E-state index contributed by atoms with van der Waals surface area (Å²) in [5.74, 6) is 1.55. The highest BCUT2D eigenvalue weighted by atomic mass is 16.5. The Morgan fingerprint density at radius 3 is 2.39 bits per heavy atom. The van der Waals surface area contributed by atoms with Crippen LogP contribution in [-0.4, -0.2) is 61.2 Å². The summed E-state index contributed by atoms with van der Waals surface area (Å²) in [6.07, 6.45) is 3.45. The van der Waals surface area contributed by atoms with Gasteiger partial charge in [0.15, 0.2) is 11.5 Å². The molecule has 0 bridgehead atoms. The maximum absolute atomic E-state index is 5.68. The second-order valence-corrected chi connectivity index (χ2v) is 9.21. The Morgan fingerprint density at radius 2 is 1.70 bits per heavy atom. The van der Waals surface area contributed by atoms with Gasteiger partial charge in [-0.05, 0) is 68.6 Å². The van der Waals surface area contributed by atoms with E-state index in [9.17, 15) is 0 Å². The molecular formula is C28H39N3O2. The van der Waals surface area contributed by atoms with Gasteiger partial charge in [-0.15, -0.1) is 0 Å². The molecule has 1 N–H and O–H groups in total. The van der Waals surface area contributed by atoms with Crippen LogP contribution in [0, 0.1) is 0 Å². The van der Waals surface area contributed by atoms with E-state index in [1.165, 1.54) is 40.6 Å². The van der Waals surface area contributed by atoms with Crippen molar-refractivity contribution in [1.82, 2.24) is 14.8 Å². The highest BCUT2D eigenvalue weighted by molar-refractivity contribution is 5.85. The summed E-state index contributed by atoms with van der Waals surface area (Å²) < 4.78 is 11.2. The molecule has 3 aromatic rings. The van der Waals surface area contributed by atoms with Gasteiger partial charge in [-0.3, -0.25) is 4.90 Å². The number of aromatic amines is 1. The summed E-state index contributed by atoms with van der Waals surface area (Å²) in [5.41, 5.74) is 5.23. The third-order valence-corrected chi connectivity index (χ3v) is 6.99. The van der Waals surface area contributed by atoms with Crippen molar-refractivity contribution in [3.63, 3.8) is 0 Å². The number of aromatic nitrogens is 1. The van der Waals surface area contributed by atoms with Gasteiger partial charge in [-0.1, -0.05) is 38.1 Å². The Morgan fingerprint density at radius 1 is 0.970 bits per heavy atom. The smallest absolute Gasteiger partial charge is 0.161 e. The number of hydrogen-bond acceptors (Lipinski definition) is 4. The van der Waals surface area contributed by atoms with Gasteiger partial charge in [0.05, 0.1) is 20.3 Å². The maximum atomic E-state index is 5.68. The highest BCUT2D eigenvalue weighted by Gasteiger charge is 2.36. The van der Waals surface area contributed by atoms with Crippen molar-refractivity contribution in [2.75, 3.05) is 40.4 Å². The molecule has 0 saturated carbocycles. The monoisotopic (exact) mass is 449 g/mol. The average Bonchev–Trinajstić information content (AvgIpc) is 3.20. The van der Waals surface area contributed by atoms with Crippen molar-refractivity contribution >= 4 is 10.9 Å². The van der Waals surface area contributed by atoms with Gasteiger partial charge in [-0.2, -0.15) is 0 Å².